The molecule has 0 saturated heterocycles. The number of nitrogens with zero attached hydrogens (tertiary/aromatic N) is 1. The van der Waals surface area contributed by atoms with Crippen LogP contribution in [0.3, 0.4) is 0 Å². The maximum atomic E-state index is 7.03. The van der Waals surface area contributed by atoms with Crippen LogP contribution in [0.1, 0.15) is 0 Å². The minimum Gasteiger partial charge on any atom is -0.453 e. The minimum atomic E-state index is 0.855. The van der Waals surface area contributed by atoms with Crippen molar-refractivity contribution in [2.24, 2.45) is 0 Å². The molecule has 0 amide bonds. The monoisotopic (exact) mass is 819 g/mol. The fraction of sp³-hybridized carbons (Fsp3) is 0. The molecule has 3 heteroatoms. The van der Waals surface area contributed by atoms with Crippen LogP contribution in [0.5, 0.6) is 0 Å². The van der Waals surface area contributed by atoms with Gasteiger partial charge in [0.25, 0.3) is 0 Å². The molecule has 0 unspecified atom stereocenters. The van der Waals surface area contributed by atoms with E-state index in [9.17, 15) is 0 Å². The molecule has 0 fully saturated rings. The van der Waals surface area contributed by atoms with Gasteiger partial charge in [-0.25, -0.2) is 0 Å². The Bertz CT molecular complexity index is 3910. The third-order valence-electron chi connectivity index (χ3n) is 12.8. The molecule has 0 radical (unpaired) electrons. The average Bonchev–Trinajstić information content (AvgIpc) is 3.94. The smallest absolute Gasteiger partial charge is 0.159 e. The number of hydrogen-bond donors (Lipinski definition) is 0. The first-order valence-corrected chi connectivity index (χ1v) is 22.3. The van der Waals surface area contributed by atoms with Gasteiger partial charge >= 0.3 is 0 Å². The highest BCUT2D eigenvalue weighted by molar-refractivity contribution is 7.26. The van der Waals surface area contributed by atoms with Crippen LogP contribution in [-0.4, -0.2) is 0 Å². The van der Waals surface area contributed by atoms with E-state index in [1.54, 1.807) is 0 Å². The van der Waals surface area contributed by atoms with E-state index in [2.05, 4.69) is 229 Å². The second-order valence-electron chi connectivity index (χ2n) is 16.4. The van der Waals surface area contributed by atoms with Crippen molar-refractivity contribution < 1.29 is 4.42 Å². The molecule has 0 aliphatic carbocycles. The topological polar surface area (TPSA) is 16.4 Å². The molecule has 0 aliphatic heterocycles. The predicted molar refractivity (Wildman–Crippen MR) is 270 cm³/mol. The summed E-state index contributed by atoms with van der Waals surface area (Å²) in [5, 5.41) is 12.2. The number of thiophene rings is 1. The van der Waals surface area contributed by atoms with Gasteiger partial charge in [0.1, 0.15) is 5.58 Å². The highest BCUT2D eigenvalue weighted by Gasteiger charge is 2.22. The number of furan rings is 1. The van der Waals surface area contributed by atoms with Crippen LogP contribution < -0.4 is 4.90 Å². The molecule has 11 aromatic carbocycles. The summed E-state index contributed by atoms with van der Waals surface area (Å²) in [6.45, 7) is 0. The summed E-state index contributed by atoms with van der Waals surface area (Å²) in [5.41, 5.74) is 12.0. The third-order valence-corrected chi connectivity index (χ3v) is 14.1. The first-order chi connectivity index (χ1) is 31.2. The molecule has 294 valence electrons. The Balaban J connectivity index is 0.965. The van der Waals surface area contributed by atoms with Crippen molar-refractivity contribution in [1.29, 1.82) is 0 Å². The minimum absolute atomic E-state index is 0.855. The molecule has 2 nitrogen and oxygen atoms in total. The Morgan fingerprint density at radius 3 is 1.76 bits per heavy atom. The van der Waals surface area contributed by atoms with E-state index in [0.29, 0.717) is 0 Å². The van der Waals surface area contributed by atoms with Gasteiger partial charge in [-0.2, -0.15) is 0 Å². The highest BCUT2D eigenvalue weighted by Crippen LogP contribution is 2.46. The summed E-state index contributed by atoms with van der Waals surface area (Å²) in [6.07, 6.45) is 0. The zero-order valence-corrected chi connectivity index (χ0v) is 34.9. The molecule has 0 aliphatic rings. The van der Waals surface area contributed by atoms with Crippen LogP contribution in [0.15, 0.2) is 229 Å². The molecular formula is C60H37NOS. The van der Waals surface area contributed by atoms with Gasteiger partial charge in [-0.05, 0) is 103 Å². The Hall–Kier alpha value is -7.98. The molecule has 2 aromatic heterocycles. The van der Waals surface area contributed by atoms with E-state index in [1.807, 2.05) is 11.3 Å². The summed E-state index contributed by atoms with van der Waals surface area (Å²) < 4.78 is 9.69. The second-order valence-corrected chi connectivity index (χ2v) is 17.5. The maximum Gasteiger partial charge on any atom is 0.159 e. The maximum absolute atomic E-state index is 7.03. The first kappa shape index (κ1) is 35.7. The molecule has 0 N–H and O–H groups in total. The lowest BCUT2D eigenvalue weighted by molar-refractivity contribution is 0.670. The van der Waals surface area contributed by atoms with Gasteiger partial charge in [0, 0.05) is 47.9 Å². The van der Waals surface area contributed by atoms with Gasteiger partial charge in [-0.3, -0.25) is 0 Å². The quantitative estimate of drug-likeness (QED) is 0.155. The van der Waals surface area contributed by atoms with Gasteiger partial charge in [-0.1, -0.05) is 182 Å². The van der Waals surface area contributed by atoms with Crippen LogP contribution in [-0.2, 0) is 0 Å². The summed E-state index contributed by atoms with van der Waals surface area (Å²) in [6, 6.07) is 81.5. The van der Waals surface area contributed by atoms with E-state index in [0.717, 1.165) is 50.1 Å². The van der Waals surface area contributed by atoms with E-state index < -0.39 is 0 Å². The van der Waals surface area contributed by atoms with Gasteiger partial charge in [-0.15, -0.1) is 11.3 Å². The lowest BCUT2D eigenvalue weighted by Crippen LogP contribution is -2.10. The third kappa shape index (κ3) is 5.78. The van der Waals surface area contributed by atoms with E-state index in [1.165, 1.54) is 74.7 Å². The van der Waals surface area contributed by atoms with Crippen molar-refractivity contribution in [2.75, 3.05) is 4.90 Å². The molecule has 0 atom stereocenters. The average molecular weight is 820 g/mol. The van der Waals surface area contributed by atoms with E-state index >= 15 is 0 Å². The van der Waals surface area contributed by atoms with Crippen LogP contribution in [0.4, 0.5) is 17.1 Å². The SMILES string of the molecule is c1ccc(-c2cccc3c2oc2c(N(c4ccc(-c5cccc6ccccc56)cc4)c4ccc5c(ccc6cc(-c7cccc8c7sc7ccccc78)ccc65)c4)cccc23)cc1. The highest BCUT2D eigenvalue weighted by atomic mass is 32.1. The number of hydrogen-bond acceptors (Lipinski definition) is 3. The summed E-state index contributed by atoms with van der Waals surface area (Å²) in [4.78, 5) is 2.36. The fourth-order valence-corrected chi connectivity index (χ4v) is 11.1. The Kier molecular flexibility index (Phi) is 8.12. The lowest BCUT2D eigenvalue weighted by Gasteiger charge is -2.26. The molecule has 0 bridgehead atoms. The lowest BCUT2D eigenvalue weighted by atomic mass is 9.96. The Morgan fingerprint density at radius 1 is 0.317 bits per heavy atom. The predicted octanol–water partition coefficient (Wildman–Crippen LogP) is 17.9. The van der Waals surface area contributed by atoms with Crippen molar-refractivity contribution in [3.8, 4) is 33.4 Å². The van der Waals surface area contributed by atoms with Gasteiger partial charge in [0.15, 0.2) is 5.58 Å². The second kappa shape index (κ2) is 14.3. The molecule has 0 spiro atoms. The fourth-order valence-electron chi connectivity index (χ4n) is 9.86. The first-order valence-electron chi connectivity index (χ1n) is 21.5. The normalized spacial score (nSPS) is 11.8. The van der Waals surface area contributed by atoms with Crippen LogP contribution in [0.25, 0.3) is 108 Å². The van der Waals surface area contributed by atoms with Crippen molar-refractivity contribution in [2.45, 2.75) is 0 Å². The number of fused-ring (bicyclic) bond motifs is 10. The van der Waals surface area contributed by atoms with Crippen LogP contribution >= 0.6 is 11.3 Å². The molecular weight excluding hydrogens is 783 g/mol. The molecule has 13 aromatic rings. The van der Waals surface area contributed by atoms with Crippen molar-refractivity contribution in [3.63, 3.8) is 0 Å². The van der Waals surface area contributed by atoms with Crippen molar-refractivity contribution >= 4 is 103 Å². The number of para-hydroxylation sites is 2. The molecule has 63 heavy (non-hydrogen) atoms. The van der Waals surface area contributed by atoms with Gasteiger partial charge in [0.2, 0.25) is 0 Å². The molecule has 2 heterocycles. The zero-order chi connectivity index (χ0) is 41.4. The molecule has 0 saturated carbocycles. The van der Waals surface area contributed by atoms with Crippen molar-refractivity contribution in [1.82, 2.24) is 0 Å². The number of rotatable bonds is 6. The molecule has 13 rings (SSSR count). The Morgan fingerprint density at radius 2 is 0.905 bits per heavy atom. The summed E-state index contributed by atoms with van der Waals surface area (Å²) >= 11 is 1.88. The Labute approximate surface area is 368 Å². The van der Waals surface area contributed by atoms with Gasteiger partial charge < -0.3 is 9.32 Å². The standard InChI is InChI=1S/C60H37NOS/c1-2-12-39(13-3-1)50-19-9-21-53-54-22-11-24-56(59(54)62-58(50)53)61(44-31-28-40(29-32-44)47-18-8-15-38-14-4-5-16-46(38)47)45-33-35-49-43(37-45)27-26-41-36-42(30-34-48(41)49)51-20-10-23-55-52-17-6-7-25-57(52)63-60(51)55/h1-37H. The summed E-state index contributed by atoms with van der Waals surface area (Å²) in [5.74, 6) is 0. The zero-order valence-electron chi connectivity index (χ0n) is 34.1. The van der Waals surface area contributed by atoms with E-state index in [-0.39, 0.29) is 0 Å². The van der Waals surface area contributed by atoms with Crippen LogP contribution in [0, 0.1) is 0 Å². The summed E-state index contributed by atoms with van der Waals surface area (Å²) in [7, 11) is 0. The number of benzene rings is 11. The van der Waals surface area contributed by atoms with Gasteiger partial charge in [0.05, 0.1) is 5.69 Å². The van der Waals surface area contributed by atoms with Crippen LogP contribution in [0.2, 0.25) is 0 Å². The largest absolute Gasteiger partial charge is 0.453 e. The van der Waals surface area contributed by atoms with Crippen molar-refractivity contribution in [3.05, 3.63) is 224 Å². The van der Waals surface area contributed by atoms with E-state index in [4.69, 9.17) is 4.42 Å². The number of anilines is 3.